The van der Waals surface area contributed by atoms with Gasteiger partial charge in [0.25, 0.3) is 11.7 Å². The van der Waals surface area contributed by atoms with Gasteiger partial charge in [0.05, 0.1) is 5.41 Å². The summed E-state index contributed by atoms with van der Waals surface area (Å²) < 4.78 is 5.22. The van der Waals surface area contributed by atoms with E-state index in [2.05, 4.69) is 15.5 Å². The van der Waals surface area contributed by atoms with E-state index >= 15 is 0 Å². The molecule has 0 saturated heterocycles. The van der Waals surface area contributed by atoms with Crippen LogP contribution in [0.1, 0.15) is 56.0 Å². The molecule has 0 radical (unpaired) electrons. The van der Waals surface area contributed by atoms with Crippen molar-refractivity contribution in [2.45, 2.75) is 51.0 Å². The molecule has 0 bridgehead atoms. The molecule has 0 atom stereocenters. The maximum absolute atomic E-state index is 11.8. The Kier molecular flexibility index (Phi) is 3.65. The van der Waals surface area contributed by atoms with Gasteiger partial charge in [0.1, 0.15) is 0 Å². The van der Waals surface area contributed by atoms with Crippen molar-refractivity contribution in [2.75, 3.05) is 6.54 Å². The van der Waals surface area contributed by atoms with Crippen LogP contribution in [0.3, 0.4) is 0 Å². The van der Waals surface area contributed by atoms with E-state index in [0.717, 1.165) is 25.7 Å². The van der Waals surface area contributed by atoms with E-state index < -0.39 is 0 Å². The van der Waals surface area contributed by atoms with Gasteiger partial charge in [0, 0.05) is 12.6 Å². The lowest BCUT2D eigenvalue weighted by Gasteiger charge is -2.24. The van der Waals surface area contributed by atoms with E-state index in [1.807, 2.05) is 13.8 Å². The predicted molar refractivity (Wildman–Crippen MR) is 66.1 cm³/mol. The van der Waals surface area contributed by atoms with Crippen molar-refractivity contribution >= 4 is 5.91 Å². The predicted octanol–water partition coefficient (Wildman–Crippen LogP) is 0.978. The zero-order valence-corrected chi connectivity index (χ0v) is 10.9. The third-order valence-corrected chi connectivity index (χ3v) is 3.74. The SMILES string of the molecule is CCC(CC)(CN)c1nc(C(=O)NC2CC2)no1. The number of hydrogen-bond donors (Lipinski definition) is 2. The van der Waals surface area contributed by atoms with Crippen LogP contribution in [0, 0.1) is 0 Å². The molecule has 0 aliphatic heterocycles. The summed E-state index contributed by atoms with van der Waals surface area (Å²) in [4.78, 5) is 16.0. The molecule has 100 valence electrons. The second-order valence-corrected chi connectivity index (χ2v) is 4.86. The van der Waals surface area contributed by atoms with Gasteiger partial charge in [-0.05, 0) is 25.7 Å². The van der Waals surface area contributed by atoms with Gasteiger partial charge in [-0.3, -0.25) is 4.79 Å². The summed E-state index contributed by atoms with van der Waals surface area (Å²) in [6.07, 6.45) is 3.69. The van der Waals surface area contributed by atoms with Crippen molar-refractivity contribution in [3.63, 3.8) is 0 Å². The standard InChI is InChI=1S/C12H20N4O2/c1-3-12(4-2,7-13)11-15-9(16-18-11)10(17)14-8-5-6-8/h8H,3-7,13H2,1-2H3,(H,14,17). The third kappa shape index (κ3) is 2.38. The lowest BCUT2D eigenvalue weighted by atomic mass is 9.82. The summed E-state index contributed by atoms with van der Waals surface area (Å²) in [5.41, 5.74) is 5.49. The van der Waals surface area contributed by atoms with Crippen molar-refractivity contribution in [1.29, 1.82) is 0 Å². The van der Waals surface area contributed by atoms with Gasteiger partial charge in [-0.2, -0.15) is 4.98 Å². The second kappa shape index (κ2) is 5.06. The largest absolute Gasteiger partial charge is 0.346 e. The highest BCUT2D eigenvalue weighted by Gasteiger charge is 2.34. The van der Waals surface area contributed by atoms with Gasteiger partial charge in [-0.1, -0.05) is 19.0 Å². The van der Waals surface area contributed by atoms with Crippen molar-refractivity contribution in [3.05, 3.63) is 11.7 Å². The molecule has 3 N–H and O–H groups in total. The summed E-state index contributed by atoms with van der Waals surface area (Å²) in [5.74, 6) is 0.318. The molecule has 0 unspecified atom stereocenters. The quantitative estimate of drug-likeness (QED) is 0.787. The maximum atomic E-state index is 11.8. The first-order chi connectivity index (χ1) is 8.65. The Hall–Kier alpha value is -1.43. The topological polar surface area (TPSA) is 94.0 Å². The van der Waals surface area contributed by atoms with Crippen LogP contribution in [0.2, 0.25) is 0 Å². The Morgan fingerprint density at radius 3 is 2.67 bits per heavy atom. The minimum atomic E-state index is -0.314. The lowest BCUT2D eigenvalue weighted by molar-refractivity contribution is 0.0937. The fraction of sp³-hybridized carbons (Fsp3) is 0.750. The second-order valence-electron chi connectivity index (χ2n) is 4.86. The van der Waals surface area contributed by atoms with Crippen LogP contribution in [-0.2, 0) is 5.41 Å². The maximum Gasteiger partial charge on any atom is 0.292 e. The average Bonchev–Trinajstić information content (AvgIpc) is 3.06. The molecule has 6 heteroatoms. The molecule has 0 aromatic carbocycles. The minimum Gasteiger partial charge on any atom is -0.346 e. The molecular formula is C12H20N4O2. The fourth-order valence-electron chi connectivity index (χ4n) is 1.94. The van der Waals surface area contributed by atoms with Gasteiger partial charge >= 0.3 is 0 Å². The summed E-state index contributed by atoms with van der Waals surface area (Å²) >= 11 is 0. The van der Waals surface area contributed by atoms with E-state index in [1.165, 1.54) is 0 Å². The molecule has 2 rings (SSSR count). The van der Waals surface area contributed by atoms with Crippen molar-refractivity contribution in [3.8, 4) is 0 Å². The molecule has 18 heavy (non-hydrogen) atoms. The monoisotopic (exact) mass is 252 g/mol. The highest BCUT2D eigenvalue weighted by Crippen LogP contribution is 2.29. The summed E-state index contributed by atoms with van der Waals surface area (Å²) in [5, 5.41) is 6.59. The normalized spacial score (nSPS) is 15.7. The van der Waals surface area contributed by atoms with E-state index in [9.17, 15) is 4.79 Å². The molecule has 1 aliphatic rings. The van der Waals surface area contributed by atoms with E-state index in [-0.39, 0.29) is 23.2 Å². The number of carbonyl (C=O) groups excluding carboxylic acids is 1. The lowest BCUT2D eigenvalue weighted by Crippen LogP contribution is -2.34. The number of nitrogens with one attached hydrogen (secondary N) is 1. The zero-order chi connectivity index (χ0) is 13.2. The minimum absolute atomic E-state index is 0.108. The smallest absolute Gasteiger partial charge is 0.292 e. The molecule has 1 aliphatic carbocycles. The molecule has 1 heterocycles. The molecule has 1 amide bonds. The van der Waals surface area contributed by atoms with Crippen molar-refractivity contribution < 1.29 is 9.32 Å². The van der Waals surface area contributed by atoms with Gasteiger partial charge in [0.15, 0.2) is 0 Å². The van der Waals surface area contributed by atoms with Crippen LogP contribution in [0.5, 0.6) is 0 Å². The Balaban J connectivity index is 2.15. The number of carbonyl (C=O) groups is 1. The highest BCUT2D eigenvalue weighted by molar-refractivity contribution is 5.90. The Labute approximate surface area is 106 Å². The van der Waals surface area contributed by atoms with E-state index in [0.29, 0.717) is 12.4 Å². The Morgan fingerprint density at radius 2 is 2.17 bits per heavy atom. The van der Waals surface area contributed by atoms with E-state index in [4.69, 9.17) is 10.3 Å². The average molecular weight is 252 g/mol. The van der Waals surface area contributed by atoms with Gasteiger partial charge < -0.3 is 15.6 Å². The van der Waals surface area contributed by atoms with Crippen LogP contribution < -0.4 is 11.1 Å². The Morgan fingerprint density at radius 1 is 1.50 bits per heavy atom. The molecule has 6 nitrogen and oxygen atoms in total. The first kappa shape index (κ1) is 13.0. The van der Waals surface area contributed by atoms with Crippen molar-refractivity contribution in [2.24, 2.45) is 5.73 Å². The number of aromatic nitrogens is 2. The van der Waals surface area contributed by atoms with Crippen molar-refractivity contribution in [1.82, 2.24) is 15.5 Å². The number of amides is 1. The van der Waals surface area contributed by atoms with Crippen LogP contribution in [-0.4, -0.2) is 28.6 Å². The van der Waals surface area contributed by atoms with Crippen LogP contribution >= 0.6 is 0 Å². The van der Waals surface area contributed by atoms with Gasteiger partial charge in [-0.15, -0.1) is 0 Å². The summed E-state index contributed by atoms with van der Waals surface area (Å²) in [6, 6.07) is 0.288. The number of hydrogen-bond acceptors (Lipinski definition) is 5. The molecule has 0 spiro atoms. The number of rotatable bonds is 6. The first-order valence-corrected chi connectivity index (χ1v) is 6.50. The van der Waals surface area contributed by atoms with Crippen LogP contribution in [0.4, 0.5) is 0 Å². The molecular weight excluding hydrogens is 232 g/mol. The third-order valence-electron chi connectivity index (χ3n) is 3.74. The fourth-order valence-corrected chi connectivity index (χ4v) is 1.94. The molecule has 1 aromatic heterocycles. The van der Waals surface area contributed by atoms with Gasteiger partial charge in [0.2, 0.25) is 5.89 Å². The number of nitrogens with zero attached hydrogens (tertiary/aromatic N) is 2. The molecule has 1 saturated carbocycles. The van der Waals surface area contributed by atoms with Gasteiger partial charge in [-0.25, -0.2) is 0 Å². The summed E-state index contributed by atoms with van der Waals surface area (Å²) in [6.45, 7) is 4.50. The molecule has 1 fully saturated rings. The zero-order valence-electron chi connectivity index (χ0n) is 10.9. The van der Waals surface area contributed by atoms with E-state index in [1.54, 1.807) is 0 Å². The summed E-state index contributed by atoms with van der Waals surface area (Å²) in [7, 11) is 0. The van der Waals surface area contributed by atoms with Crippen LogP contribution in [0.25, 0.3) is 0 Å². The molecule has 1 aromatic rings. The Bertz CT molecular complexity index is 413. The first-order valence-electron chi connectivity index (χ1n) is 6.50. The highest BCUT2D eigenvalue weighted by atomic mass is 16.5. The number of nitrogens with two attached hydrogens (primary N) is 1. The van der Waals surface area contributed by atoms with Crippen LogP contribution in [0.15, 0.2) is 4.52 Å².